The van der Waals surface area contributed by atoms with Crippen molar-refractivity contribution in [2.45, 2.75) is 44.3 Å². The number of nitrogens with zero attached hydrogens (tertiary/aromatic N) is 5. The molecule has 42 heavy (non-hydrogen) atoms. The van der Waals surface area contributed by atoms with Crippen molar-refractivity contribution in [2.75, 3.05) is 11.9 Å². The number of rotatable bonds is 8. The van der Waals surface area contributed by atoms with Crippen molar-refractivity contribution in [3.05, 3.63) is 78.1 Å². The second kappa shape index (κ2) is 11.5. The van der Waals surface area contributed by atoms with Gasteiger partial charge in [-0.15, -0.1) is 0 Å². The molecule has 4 aromatic rings. The smallest absolute Gasteiger partial charge is 0.337 e. The van der Waals surface area contributed by atoms with Crippen molar-refractivity contribution in [3.8, 4) is 0 Å². The zero-order chi connectivity index (χ0) is 29.2. The van der Waals surface area contributed by atoms with Crippen molar-refractivity contribution in [1.29, 1.82) is 0 Å². The Morgan fingerprint density at radius 2 is 1.76 bits per heavy atom. The largest absolute Gasteiger partial charge is 0.478 e. The fourth-order valence-corrected chi connectivity index (χ4v) is 4.94. The molecule has 216 valence electrons. The fourth-order valence-electron chi connectivity index (χ4n) is 4.94. The lowest BCUT2D eigenvalue weighted by molar-refractivity contribution is -0.161. The number of hydrogen-bond donors (Lipinski definition) is 4. The minimum atomic E-state index is -1.15. The topological polar surface area (TPSA) is 192 Å². The minimum absolute atomic E-state index is 0.0212. The van der Waals surface area contributed by atoms with Gasteiger partial charge >= 0.3 is 12.0 Å². The molecule has 0 radical (unpaired) electrons. The molecule has 2 saturated heterocycles. The zero-order valence-electron chi connectivity index (χ0n) is 22.2. The lowest BCUT2D eigenvalue weighted by Crippen LogP contribution is -2.42. The third kappa shape index (κ3) is 5.11. The van der Waals surface area contributed by atoms with E-state index in [0.717, 1.165) is 5.56 Å². The number of imidazole rings is 1. The summed E-state index contributed by atoms with van der Waals surface area (Å²) in [6, 6.07) is 11.7. The summed E-state index contributed by atoms with van der Waals surface area (Å²) in [6.07, 6.45) is -0.153. The van der Waals surface area contributed by atoms with Crippen molar-refractivity contribution in [3.63, 3.8) is 0 Å². The maximum absolute atomic E-state index is 13.4. The second-order valence-electron chi connectivity index (χ2n) is 9.44. The van der Waals surface area contributed by atoms with Crippen LogP contribution in [0.5, 0.6) is 0 Å². The predicted octanol–water partition coefficient (Wildman–Crippen LogP) is 1.76. The Morgan fingerprint density at radius 3 is 2.55 bits per heavy atom. The van der Waals surface area contributed by atoms with E-state index in [0.29, 0.717) is 17.7 Å². The SMILES string of the molecule is CCNC(=O)Nc1ncnc2c1ncn2C1OC(C(=O)NCc2ncccc2C(=O)O)C2O[C@H](c3ccccc3)OC21. The number of ether oxygens (including phenoxy) is 3. The summed E-state index contributed by atoms with van der Waals surface area (Å²) in [6.45, 7) is 2.08. The number of carbonyl (C=O) groups excluding carboxylic acids is 2. The van der Waals surface area contributed by atoms with Gasteiger partial charge in [-0.25, -0.2) is 24.5 Å². The van der Waals surface area contributed by atoms with Gasteiger partial charge in [0, 0.05) is 18.3 Å². The number of pyridine rings is 1. The van der Waals surface area contributed by atoms with Crippen LogP contribution in [-0.2, 0) is 25.5 Å². The molecule has 2 aliphatic heterocycles. The molecule has 2 aliphatic rings. The highest BCUT2D eigenvalue weighted by Crippen LogP contribution is 2.45. The molecule has 0 spiro atoms. The average Bonchev–Trinajstić information content (AvgIpc) is 3.71. The number of aromatic nitrogens is 5. The number of carboxylic acid groups (broad SMARTS) is 1. The van der Waals surface area contributed by atoms with E-state index in [1.54, 1.807) is 11.5 Å². The van der Waals surface area contributed by atoms with E-state index in [2.05, 4.69) is 35.9 Å². The number of carbonyl (C=O) groups is 3. The molecule has 4 unspecified atom stereocenters. The first-order valence-electron chi connectivity index (χ1n) is 13.1. The molecule has 2 fully saturated rings. The zero-order valence-corrected chi connectivity index (χ0v) is 22.2. The highest BCUT2D eigenvalue weighted by molar-refractivity contribution is 5.95. The summed E-state index contributed by atoms with van der Waals surface area (Å²) in [4.78, 5) is 54.1. The molecule has 0 bridgehead atoms. The van der Waals surface area contributed by atoms with Crippen LogP contribution in [0.1, 0.15) is 41.1 Å². The Labute approximate surface area is 238 Å². The molecule has 4 N–H and O–H groups in total. The van der Waals surface area contributed by atoms with Crippen LogP contribution in [-0.4, -0.2) is 72.4 Å². The minimum Gasteiger partial charge on any atom is -0.478 e. The van der Waals surface area contributed by atoms with Crippen LogP contribution in [0.4, 0.5) is 10.6 Å². The predicted molar refractivity (Wildman–Crippen MR) is 144 cm³/mol. The first-order valence-corrected chi connectivity index (χ1v) is 13.1. The van der Waals surface area contributed by atoms with Gasteiger partial charge in [-0.05, 0) is 19.1 Å². The van der Waals surface area contributed by atoms with Crippen LogP contribution in [0.2, 0.25) is 0 Å². The Balaban J connectivity index is 1.29. The van der Waals surface area contributed by atoms with Gasteiger partial charge in [0.1, 0.15) is 18.5 Å². The maximum atomic E-state index is 13.4. The summed E-state index contributed by atoms with van der Waals surface area (Å²) >= 11 is 0. The molecule has 5 heterocycles. The summed E-state index contributed by atoms with van der Waals surface area (Å²) < 4.78 is 20.3. The third-order valence-corrected chi connectivity index (χ3v) is 6.83. The summed E-state index contributed by atoms with van der Waals surface area (Å²) in [7, 11) is 0. The number of hydrogen-bond acceptors (Lipinski definition) is 10. The Kier molecular flexibility index (Phi) is 7.43. The first-order chi connectivity index (χ1) is 20.4. The van der Waals surface area contributed by atoms with Gasteiger partial charge in [0.25, 0.3) is 5.91 Å². The van der Waals surface area contributed by atoms with E-state index in [1.165, 1.54) is 31.0 Å². The van der Waals surface area contributed by atoms with Crippen LogP contribution >= 0.6 is 0 Å². The summed E-state index contributed by atoms with van der Waals surface area (Å²) in [5, 5.41) is 17.5. The number of anilines is 1. The van der Waals surface area contributed by atoms with Gasteiger partial charge in [-0.2, -0.15) is 0 Å². The van der Waals surface area contributed by atoms with Gasteiger partial charge in [0.05, 0.1) is 24.1 Å². The van der Waals surface area contributed by atoms with Crippen LogP contribution in [0, 0.1) is 0 Å². The number of fused-ring (bicyclic) bond motifs is 2. The van der Waals surface area contributed by atoms with Crippen LogP contribution < -0.4 is 16.0 Å². The Morgan fingerprint density at radius 1 is 0.952 bits per heavy atom. The molecule has 5 atom stereocenters. The molecular formula is C27H26N8O7. The van der Waals surface area contributed by atoms with E-state index < -0.39 is 48.7 Å². The second-order valence-corrected chi connectivity index (χ2v) is 9.44. The molecule has 6 rings (SSSR count). The lowest BCUT2D eigenvalue weighted by atomic mass is 10.1. The van der Waals surface area contributed by atoms with Gasteiger partial charge < -0.3 is 30.0 Å². The van der Waals surface area contributed by atoms with Gasteiger partial charge in [-0.3, -0.25) is 19.7 Å². The van der Waals surface area contributed by atoms with Crippen LogP contribution in [0.15, 0.2) is 61.3 Å². The van der Waals surface area contributed by atoms with E-state index in [4.69, 9.17) is 14.2 Å². The van der Waals surface area contributed by atoms with Crippen molar-refractivity contribution in [1.82, 2.24) is 35.1 Å². The summed E-state index contributed by atoms with van der Waals surface area (Å²) in [5.74, 6) is -1.49. The number of benzene rings is 1. The molecule has 15 nitrogen and oxygen atoms in total. The maximum Gasteiger partial charge on any atom is 0.337 e. The molecule has 3 amide bonds. The third-order valence-electron chi connectivity index (χ3n) is 6.83. The standard InChI is InChI=1S/C27H26N8O7/c1-2-28-27(39)34-21-17-22(32-12-31-21)35(13-33-17)24-20-18(41-26(42-20)14-7-4-3-5-8-14)19(40-24)23(36)30-11-16-15(25(37)38)9-6-10-29-16/h3-10,12-13,18-20,24,26H,2,11H2,1H3,(H,30,36)(H,37,38)(H2,28,31,32,34,39)/t18?,19?,20?,24?,26-/m0/s1. The first kappa shape index (κ1) is 27.2. The quantitative estimate of drug-likeness (QED) is 0.240. The van der Waals surface area contributed by atoms with E-state index in [-0.39, 0.29) is 23.6 Å². The highest BCUT2D eigenvalue weighted by atomic mass is 16.8. The van der Waals surface area contributed by atoms with Crippen molar-refractivity contribution >= 4 is 34.9 Å². The number of amides is 3. The molecule has 0 saturated carbocycles. The monoisotopic (exact) mass is 574 g/mol. The highest BCUT2D eigenvalue weighted by Gasteiger charge is 2.56. The average molecular weight is 575 g/mol. The number of urea groups is 1. The fraction of sp³-hybridized carbons (Fsp3) is 0.296. The van der Waals surface area contributed by atoms with Crippen molar-refractivity contribution < 1.29 is 33.7 Å². The number of carboxylic acids is 1. The Hall–Kier alpha value is -4.99. The van der Waals surface area contributed by atoms with E-state index >= 15 is 0 Å². The Bertz CT molecular complexity index is 1630. The van der Waals surface area contributed by atoms with Gasteiger partial charge in [0.15, 0.2) is 35.6 Å². The molecule has 15 heteroatoms. The number of nitrogens with one attached hydrogen (secondary N) is 3. The molecule has 1 aromatic carbocycles. The van der Waals surface area contributed by atoms with Crippen LogP contribution in [0.3, 0.4) is 0 Å². The molecule has 0 aliphatic carbocycles. The van der Waals surface area contributed by atoms with E-state index in [9.17, 15) is 19.5 Å². The van der Waals surface area contributed by atoms with E-state index in [1.807, 2.05) is 30.3 Å². The number of aromatic carboxylic acids is 1. The van der Waals surface area contributed by atoms with Gasteiger partial charge in [-0.1, -0.05) is 30.3 Å². The molecular weight excluding hydrogens is 548 g/mol. The molecule has 3 aromatic heterocycles. The van der Waals surface area contributed by atoms with Crippen molar-refractivity contribution in [2.24, 2.45) is 0 Å². The van der Waals surface area contributed by atoms with Gasteiger partial charge in [0.2, 0.25) is 0 Å². The van der Waals surface area contributed by atoms with Crippen LogP contribution in [0.25, 0.3) is 11.2 Å². The summed E-state index contributed by atoms with van der Waals surface area (Å²) in [5.41, 5.74) is 1.59. The normalized spacial score (nSPS) is 22.9. The lowest BCUT2D eigenvalue weighted by Gasteiger charge is -2.21.